The number of hydrogen-bond acceptors (Lipinski definition) is 5. The van der Waals surface area contributed by atoms with Crippen LogP contribution in [0.3, 0.4) is 0 Å². The number of amides is 3. The monoisotopic (exact) mass is 487 g/mol. The van der Waals surface area contributed by atoms with Crippen molar-refractivity contribution in [1.29, 1.82) is 0 Å². The van der Waals surface area contributed by atoms with Crippen molar-refractivity contribution in [2.75, 3.05) is 30.5 Å². The van der Waals surface area contributed by atoms with Gasteiger partial charge in [-0.15, -0.1) is 0 Å². The lowest BCUT2D eigenvalue weighted by atomic mass is 10.1. The topological polar surface area (TPSA) is 97.0 Å². The number of nitrogens with one attached hydrogen (secondary N) is 2. The number of benzene rings is 3. The third kappa shape index (κ3) is 6.02. The fourth-order valence-electron chi connectivity index (χ4n) is 4.08. The second kappa shape index (κ2) is 11.4. The van der Waals surface area contributed by atoms with Gasteiger partial charge in [0.1, 0.15) is 11.5 Å². The average Bonchev–Trinajstić information content (AvgIpc) is 3.29. The first-order chi connectivity index (χ1) is 17.4. The van der Waals surface area contributed by atoms with Crippen molar-refractivity contribution in [3.63, 3.8) is 0 Å². The number of rotatable bonds is 9. The SMILES string of the molecule is COc1ccccc1CNC(=O)[C@@H]1CC(=O)N(c2ccc(OCC(=O)Nc3ccccc3C)cc2)C1. The summed E-state index contributed by atoms with van der Waals surface area (Å²) in [7, 11) is 1.59. The van der Waals surface area contributed by atoms with Gasteiger partial charge in [0, 0.05) is 36.4 Å². The summed E-state index contributed by atoms with van der Waals surface area (Å²) in [6.45, 7) is 2.42. The maximum atomic E-state index is 12.7. The van der Waals surface area contributed by atoms with Crippen molar-refractivity contribution in [1.82, 2.24) is 5.32 Å². The van der Waals surface area contributed by atoms with Crippen LogP contribution in [-0.4, -0.2) is 38.0 Å². The Balaban J connectivity index is 1.28. The molecule has 1 fully saturated rings. The number of nitrogens with zero attached hydrogens (tertiary/aromatic N) is 1. The zero-order valence-electron chi connectivity index (χ0n) is 20.3. The molecule has 0 spiro atoms. The van der Waals surface area contributed by atoms with Gasteiger partial charge in [-0.2, -0.15) is 0 Å². The van der Waals surface area contributed by atoms with Crippen molar-refractivity contribution in [2.24, 2.45) is 5.92 Å². The first-order valence-corrected chi connectivity index (χ1v) is 11.7. The van der Waals surface area contributed by atoms with Crippen LogP contribution in [0.1, 0.15) is 17.5 Å². The van der Waals surface area contributed by atoms with E-state index in [0.717, 1.165) is 16.8 Å². The van der Waals surface area contributed by atoms with Crippen molar-refractivity contribution in [3.05, 3.63) is 83.9 Å². The molecule has 3 aromatic rings. The largest absolute Gasteiger partial charge is 0.496 e. The minimum Gasteiger partial charge on any atom is -0.496 e. The lowest BCUT2D eigenvalue weighted by molar-refractivity contribution is -0.126. The van der Waals surface area contributed by atoms with Gasteiger partial charge in [-0.3, -0.25) is 14.4 Å². The molecule has 3 aromatic carbocycles. The van der Waals surface area contributed by atoms with Gasteiger partial charge in [0.2, 0.25) is 11.8 Å². The molecule has 0 unspecified atom stereocenters. The zero-order valence-corrected chi connectivity index (χ0v) is 20.3. The van der Waals surface area contributed by atoms with Gasteiger partial charge in [-0.25, -0.2) is 0 Å². The molecule has 1 aliphatic rings. The van der Waals surface area contributed by atoms with E-state index in [0.29, 0.717) is 30.3 Å². The van der Waals surface area contributed by atoms with Crippen LogP contribution < -0.4 is 25.0 Å². The molecular formula is C28H29N3O5. The van der Waals surface area contributed by atoms with Crippen LogP contribution in [-0.2, 0) is 20.9 Å². The second-order valence-electron chi connectivity index (χ2n) is 8.58. The standard InChI is InChI=1S/C28H29N3O5/c1-19-7-3-5-9-24(19)30-26(32)18-36-23-13-11-22(12-14-23)31-17-21(15-27(31)33)28(34)29-16-20-8-4-6-10-25(20)35-2/h3-14,21H,15-18H2,1-2H3,(H,29,34)(H,30,32)/t21-/m1/s1. The molecule has 0 aliphatic carbocycles. The fourth-order valence-corrected chi connectivity index (χ4v) is 4.08. The first kappa shape index (κ1) is 24.8. The molecule has 0 saturated carbocycles. The van der Waals surface area contributed by atoms with Gasteiger partial charge in [0.15, 0.2) is 6.61 Å². The highest BCUT2D eigenvalue weighted by Gasteiger charge is 2.35. The number of ether oxygens (including phenoxy) is 2. The fraction of sp³-hybridized carbons (Fsp3) is 0.250. The van der Waals surface area contributed by atoms with Crippen LogP contribution in [0.15, 0.2) is 72.8 Å². The van der Waals surface area contributed by atoms with Gasteiger partial charge in [-0.1, -0.05) is 36.4 Å². The number of anilines is 2. The maximum Gasteiger partial charge on any atom is 0.262 e. The number of methoxy groups -OCH3 is 1. The predicted octanol–water partition coefficient (Wildman–Crippen LogP) is 3.69. The number of carbonyl (C=O) groups excluding carboxylic acids is 3. The van der Waals surface area contributed by atoms with Crippen LogP contribution >= 0.6 is 0 Å². The average molecular weight is 488 g/mol. The van der Waals surface area contributed by atoms with Crippen molar-refractivity contribution in [2.45, 2.75) is 19.9 Å². The highest BCUT2D eigenvalue weighted by Crippen LogP contribution is 2.27. The van der Waals surface area contributed by atoms with Crippen LogP contribution in [0, 0.1) is 12.8 Å². The third-order valence-electron chi connectivity index (χ3n) is 6.08. The van der Waals surface area contributed by atoms with E-state index in [1.54, 1.807) is 36.3 Å². The molecule has 2 N–H and O–H groups in total. The van der Waals surface area contributed by atoms with E-state index in [1.165, 1.54) is 0 Å². The Morgan fingerprint density at radius 3 is 2.47 bits per heavy atom. The Bertz CT molecular complexity index is 1240. The zero-order chi connectivity index (χ0) is 25.5. The molecule has 3 amide bonds. The van der Waals surface area contributed by atoms with Gasteiger partial charge in [0.25, 0.3) is 5.91 Å². The molecule has 1 heterocycles. The molecule has 0 bridgehead atoms. The maximum absolute atomic E-state index is 12.7. The van der Waals surface area contributed by atoms with Crippen LogP contribution in [0.4, 0.5) is 11.4 Å². The first-order valence-electron chi connectivity index (χ1n) is 11.7. The van der Waals surface area contributed by atoms with Gasteiger partial charge < -0.3 is 25.0 Å². The Labute approximate surface area is 210 Å². The number of para-hydroxylation sites is 2. The molecular weight excluding hydrogens is 458 g/mol. The summed E-state index contributed by atoms with van der Waals surface area (Å²) in [5.74, 6) is 0.238. The quantitative estimate of drug-likeness (QED) is 0.480. The molecule has 36 heavy (non-hydrogen) atoms. The molecule has 8 nitrogen and oxygen atoms in total. The molecule has 0 aromatic heterocycles. The summed E-state index contributed by atoms with van der Waals surface area (Å²) >= 11 is 0. The molecule has 4 rings (SSSR count). The smallest absolute Gasteiger partial charge is 0.262 e. The van der Waals surface area contributed by atoms with E-state index < -0.39 is 5.92 Å². The lowest BCUT2D eigenvalue weighted by Gasteiger charge is -2.17. The predicted molar refractivity (Wildman–Crippen MR) is 137 cm³/mol. The summed E-state index contributed by atoms with van der Waals surface area (Å²) in [4.78, 5) is 39.1. The second-order valence-corrected chi connectivity index (χ2v) is 8.58. The van der Waals surface area contributed by atoms with Crippen LogP contribution in [0.25, 0.3) is 0 Å². The molecule has 8 heteroatoms. The Morgan fingerprint density at radius 1 is 1.00 bits per heavy atom. The van der Waals surface area contributed by atoms with E-state index in [1.807, 2.05) is 55.5 Å². The van der Waals surface area contributed by atoms with Gasteiger partial charge in [-0.05, 0) is 48.9 Å². The van der Waals surface area contributed by atoms with E-state index >= 15 is 0 Å². The molecule has 1 saturated heterocycles. The van der Waals surface area contributed by atoms with E-state index in [2.05, 4.69) is 10.6 Å². The summed E-state index contributed by atoms with van der Waals surface area (Å²) in [5.41, 5.74) is 3.27. The van der Waals surface area contributed by atoms with Crippen LogP contribution in [0.5, 0.6) is 11.5 Å². The van der Waals surface area contributed by atoms with E-state index in [-0.39, 0.29) is 30.7 Å². The Kier molecular flexibility index (Phi) is 7.85. The van der Waals surface area contributed by atoms with Crippen molar-refractivity contribution in [3.8, 4) is 11.5 Å². The van der Waals surface area contributed by atoms with Gasteiger partial charge in [0.05, 0.1) is 13.0 Å². The lowest BCUT2D eigenvalue weighted by Crippen LogP contribution is -2.32. The van der Waals surface area contributed by atoms with Crippen LogP contribution in [0.2, 0.25) is 0 Å². The molecule has 0 radical (unpaired) electrons. The number of carbonyl (C=O) groups is 3. The highest BCUT2D eigenvalue weighted by atomic mass is 16.5. The Morgan fingerprint density at radius 2 is 1.72 bits per heavy atom. The van der Waals surface area contributed by atoms with Gasteiger partial charge >= 0.3 is 0 Å². The summed E-state index contributed by atoms with van der Waals surface area (Å²) in [6, 6.07) is 21.9. The van der Waals surface area contributed by atoms with E-state index in [9.17, 15) is 14.4 Å². The Hall–Kier alpha value is -4.33. The molecule has 186 valence electrons. The normalized spacial score (nSPS) is 14.9. The molecule has 1 atom stereocenters. The van der Waals surface area contributed by atoms with Crippen molar-refractivity contribution >= 4 is 29.1 Å². The summed E-state index contributed by atoms with van der Waals surface area (Å²) in [5, 5.41) is 5.73. The molecule has 1 aliphatic heterocycles. The highest BCUT2D eigenvalue weighted by molar-refractivity contribution is 6.00. The minimum absolute atomic E-state index is 0.112. The summed E-state index contributed by atoms with van der Waals surface area (Å²) in [6.07, 6.45) is 0.148. The van der Waals surface area contributed by atoms with E-state index in [4.69, 9.17) is 9.47 Å². The minimum atomic E-state index is -0.437. The number of aryl methyl sites for hydroxylation is 1. The third-order valence-corrected chi connectivity index (χ3v) is 6.08. The van der Waals surface area contributed by atoms with Crippen molar-refractivity contribution < 1.29 is 23.9 Å². The summed E-state index contributed by atoms with van der Waals surface area (Å²) < 4.78 is 10.9. The number of hydrogen-bond donors (Lipinski definition) is 2.